The van der Waals surface area contributed by atoms with Gasteiger partial charge in [0.25, 0.3) is 11.5 Å². The van der Waals surface area contributed by atoms with Gasteiger partial charge in [0.1, 0.15) is 11.1 Å². The van der Waals surface area contributed by atoms with Gasteiger partial charge in [-0.15, -0.1) is 11.3 Å². The van der Waals surface area contributed by atoms with Crippen LogP contribution in [0.2, 0.25) is 0 Å². The Morgan fingerprint density at radius 1 is 1.31 bits per heavy atom. The molecular formula is C26H28N4O4S. The number of aryl methyl sites for hydroxylation is 1. The normalized spacial score (nSPS) is 15.0. The number of esters is 1. The molecule has 0 spiro atoms. The van der Waals surface area contributed by atoms with Gasteiger partial charge in [-0.1, -0.05) is 39.0 Å². The van der Waals surface area contributed by atoms with E-state index in [-0.39, 0.29) is 11.3 Å². The van der Waals surface area contributed by atoms with Crippen LogP contribution in [0.1, 0.15) is 60.1 Å². The van der Waals surface area contributed by atoms with Gasteiger partial charge in [0, 0.05) is 16.8 Å². The molecule has 2 heterocycles. The number of carbonyl (C=O) groups is 2. The molecule has 1 aliphatic carbocycles. The van der Waals surface area contributed by atoms with E-state index in [1.54, 1.807) is 24.3 Å². The second-order valence-corrected chi connectivity index (χ2v) is 10.5. The second-order valence-electron chi connectivity index (χ2n) is 9.40. The Labute approximate surface area is 207 Å². The Morgan fingerprint density at radius 3 is 2.77 bits per heavy atom. The first-order valence-electron chi connectivity index (χ1n) is 11.8. The van der Waals surface area contributed by atoms with Crippen LogP contribution in [0.5, 0.6) is 0 Å². The molecule has 0 fully saturated rings. The molecule has 8 nitrogen and oxygen atoms in total. The summed E-state index contributed by atoms with van der Waals surface area (Å²) in [6, 6.07) is 8.95. The summed E-state index contributed by atoms with van der Waals surface area (Å²) in [5, 5.41) is 17.9. The lowest BCUT2D eigenvalue weighted by Crippen LogP contribution is -2.28. The number of ether oxygens (including phenoxy) is 1. The van der Waals surface area contributed by atoms with Crippen LogP contribution >= 0.6 is 11.3 Å². The van der Waals surface area contributed by atoms with Gasteiger partial charge in [0.15, 0.2) is 12.3 Å². The summed E-state index contributed by atoms with van der Waals surface area (Å²) in [5.74, 6) is -0.407. The zero-order chi connectivity index (χ0) is 25.1. The number of hydrogen-bond acceptors (Lipinski definition) is 7. The predicted octanol–water partition coefficient (Wildman–Crippen LogP) is 4.30. The molecule has 0 radical (unpaired) electrons. The maximum Gasteiger partial charge on any atom is 0.359 e. The molecule has 9 heteroatoms. The number of nitriles is 1. The molecule has 0 aliphatic heterocycles. The maximum atomic E-state index is 12.9. The van der Waals surface area contributed by atoms with E-state index in [0.29, 0.717) is 39.7 Å². The number of anilines is 1. The molecule has 2 aromatic heterocycles. The Bertz CT molecular complexity index is 1380. The molecule has 1 aliphatic rings. The third-order valence-electron chi connectivity index (χ3n) is 6.19. The number of benzene rings is 1. The Hall–Kier alpha value is -3.51. The van der Waals surface area contributed by atoms with Crippen molar-refractivity contribution in [1.82, 2.24) is 9.78 Å². The van der Waals surface area contributed by atoms with Crippen molar-refractivity contribution in [2.45, 2.75) is 53.0 Å². The van der Waals surface area contributed by atoms with Crippen molar-refractivity contribution in [3.8, 4) is 6.07 Å². The summed E-state index contributed by atoms with van der Waals surface area (Å²) < 4.78 is 6.56. The van der Waals surface area contributed by atoms with Crippen molar-refractivity contribution < 1.29 is 14.3 Å². The number of amides is 1. The van der Waals surface area contributed by atoms with Gasteiger partial charge < -0.3 is 10.1 Å². The van der Waals surface area contributed by atoms with Crippen molar-refractivity contribution >= 4 is 39.0 Å². The highest BCUT2D eigenvalue weighted by Gasteiger charge is 2.25. The largest absolute Gasteiger partial charge is 0.451 e. The minimum atomic E-state index is -0.783. The summed E-state index contributed by atoms with van der Waals surface area (Å²) in [6.45, 7) is 6.12. The van der Waals surface area contributed by atoms with Crippen molar-refractivity contribution in [3.63, 3.8) is 0 Å². The minimum Gasteiger partial charge on any atom is -0.451 e. The average Bonchev–Trinajstić information content (AvgIpc) is 3.17. The van der Waals surface area contributed by atoms with E-state index in [9.17, 15) is 19.6 Å². The van der Waals surface area contributed by atoms with E-state index in [1.807, 2.05) is 13.8 Å². The average molecular weight is 493 g/mol. The molecule has 0 saturated carbocycles. The molecule has 0 bridgehead atoms. The number of rotatable bonds is 7. The first kappa shape index (κ1) is 24.6. The molecule has 4 rings (SSSR count). The van der Waals surface area contributed by atoms with Crippen LogP contribution in [0.25, 0.3) is 10.8 Å². The lowest BCUT2D eigenvalue weighted by atomic mass is 9.89. The van der Waals surface area contributed by atoms with Crippen LogP contribution in [-0.2, 0) is 28.9 Å². The predicted molar refractivity (Wildman–Crippen MR) is 135 cm³/mol. The first-order chi connectivity index (χ1) is 16.8. The zero-order valence-corrected chi connectivity index (χ0v) is 20.9. The third kappa shape index (κ3) is 5.28. The zero-order valence-electron chi connectivity index (χ0n) is 20.1. The fraction of sp³-hybridized carbons (Fsp3) is 0.423. The van der Waals surface area contributed by atoms with Gasteiger partial charge in [-0.3, -0.25) is 9.59 Å². The van der Waals surface area contributed by atoms with Crippen molar-refractivity contribution in [2.24, 2.45) is 11.8 Å². The lowest BCUT2D eigenvalue weighted by Gasteiger charge is -2.17. The topological polar surface area (TPSA) is 114 Å². The molecule has 1 N–H and O–H groups in total. The molecule has 182 valence electrons. The van der Waals surface area contributed by atoms with Gasteiger partial charge in [0.2, 0.25) is 0 Å². The number of carbonyl (C=O) groups excluding carboxylic acids is 2. The Morgan fingerprint density at radius 2 is 2.06 bits per heavy atom. The van der Waals surface area contributed by atoms with Crippen LogP contribution in [0, 0.1) is 23.2 Å². The van der Waals surface area contributed by atoms with E-state index in [0.717, 1.165) is 36.1 Å². The van der Waals surface area contributed by atoms with Gasteiger partial charge in [-0.25, -0.2) is 9.48 Å². The monoisotopic (exact) mass is 492 g/mol. The highest BCUT2D eigenvalue weighted by atomic mass is 32.1. The van der Waals surface area contributed by atoms with Crippen LogP contribution in [0.3, 0.4) is 0 Å². The van der Waals surface area contributed by atoms with Gasteiger partial charge >= 0.3 is 5.97 Å². The summed E-state index contributed by atoms with van der Waals surface area (Å²) in [5.41, 5.74) is 1.24. The molecule has 0 saturated heterocycles. The fourth-order valence-electron chi connectivity index (χ4n) is 4.24. The molecular weight excluding hydrogens is 464 g/mol. The number of nitrogens with one attached hydrogen (secondary N) is 1. The molecule has 1 unspecified atom stereocenters. The number of fused-ring (bicyclic) bond motifs is 2. The summed E-state index contributed by atoms with van der Waals surface area (Å²) >= 11 is 1.42. The summed E-state index contributed by atoms with van der Waals surface area (Å²) in [4.78, 5) is 39.4. The smallest absolute Gasteiger partial charge is 0.359 e. The summed E-state index contributed by atoms with van der Waals surface area (Å²) in [7, 11) is 0. The van der Waals surface area contributed by atoms with E-state index in [1.165, 1.54) is 16.0 Å². The van der Waals surface area contributed by atoms with E-state index in [2.05, 4.69) is 23.4 Å². The number of aromatic nitrogens is 2. The SMILES string of the molecule is CC(C)CCn1nc(C(=O)OCC(=O)Nc2sc3c(c2C#N)CCC(C)C3)c2ccccc2c1=O. The standard InChI is InChI=1S/C26H28N4O4S/c1-15(2)10-11-30-25(32)19-7-5-4-6-18(19)23(29-30)26(33)34-14-22(31)28-24-20(13-27)17-9-8-16(3)12-21(17)35-24/h4-7,15-16H,8-12,14H2,1-3H3,(H,28,31). The molecule has 1 atom stereocenters. The Balaban J connectivity index is 1.50. The summed E-state index contributed by atoms with van der Waals surface area (Å²) in [6.07, 6.45) is 3.47. The number of nitrogens with zero attached hydrogens (tertiary/aromatic N) is 3. The molecule has 3 aromatic rings. The highest BCUT2D eigenvalue weighted by molar-refractivity contribution is 7.16. The maximum absolute atomic E-state index is 12.9. The number of thiophene rings is 1. The fourth-order valence-corrected chi connectivity index (χ4v) is 5.61. The number of hydrogen-bond donors (Lipinski definition) is 1. The minimum absolute atomic E-state index is 0.00459. The van der Waals surface area contributed by atoms with Crippen LogP contribution < -0.4 is 10.9 Å². The van der Waals surface area contributed by atoms with E-state index in [4.69, 9.17) is 4.74 Å². The first-order valence-corrected chi connectivity index (χ1v) is 12.6. The van der Waals surface area contributed by atoms with Crippen molar-refractivity contribution in [2.75, 3.05) is 11.9 Å². The lowest BCUT2D eigenvalue weighted by molar-refractivity contribution is -0.119. The quantitative estimate of drug-likeness (QED) is 0.492. The van der Waals surface area contributed by atoms with Crippen LogP contribution in [-0.4, -0.2) is 28.3 Å². The molecule has 1 amide bonds. The Kier molecular flexibility index (Phi) is 7.31. The van der Waals surface area contributed by atoms with Gasteiger partial charge in [0.05, 0.1) is 10.9 Å². The van der Waals surface area contributed by atoms with Crippen LogP contribution in [0.4, 0.5) is 5.00 Å². The van der Waals surface area contributed by atoms with Crippen molar-refractivity contribution in [1.29, 1.82) is 5.26 Å². The van der Waals surface area contributed by atoms with Gasteiger partial charge in [-0.05, 0) is 49.1 Å². The molecule has 35 heavy (non-hydrogen) atoms. The second kappa shape index (κ2) is 10.4. The van der Waals surface area contributed by atoms with Crippen LogP contribution in [0.15, 0.2) is 29.1 Å². The molecule has 1 aromatic carbocycles. The van der Waals surface area contributed by atoms with E-state index >= 15 is 0 Å². The van der Waals surface area contributed by atoms with E-state index < -0.39 is 18.5 Å². The third-order valence-corrected chi connectivity index (χ3v) is 7.36. The van der Waals surface area contributed by atoms with Gasteiger partial charge in [-0.2, -0.15) is 10.4 Å². The van der Waals surface area contributed by atoms with Crippen molar-refractivity contribution in [3.05, 3.63) is 56.3 Å². The highest BCUT2D eigenvalue weighted by Crippen LogP contribution is 2.39.